The molecule has 0 aromatic carbocycles. The molecule has 1 aromatic rings. The molecule has 1 fully saturated rings. The summed E-state index contributed by atoms with van der Waals surface area (Å²) in [6, 6.07) is 1.84. The zero-order chi connectivity index (χ0) is 18.1. The predicted octanol–water partition coefficient (Wildman–Crippen LogP) is 4.04. The van der Waals surface area contributed by atoms with Crippen LogP contribution in [0.1, 0.15) is 51.1 Å². The Morgan fingerprint density at radius 2 is 2.28 bits per heavy atom. The molecule has 0 spiro atoms. The summed E-state index contributed by atoms with van der Waals surface area (Å²) >= 11 is 0. The van der Waals surface area contributed by atoms with Crippen molar-refractivity contribution in [2.24, 2.45) is 16.8 Å². The number of aromatic nitrogens is 2. The maximum Gasteiger partial charge on any atom is 0.303 e. The third-order valence-corrected chi connectivity index (χ3v) is 4.63. The lowest BCUT2D eigenvalue weighted by molar-refractivity contribution is -0.137. The number of aliphatic carboxylic acids is 1. The van der Waals surface area contributed by atoms with Gasteiger partial charge in [0.1, 0.15) is 0 Å². The second-order valence-electron chi connectivity index (χ2n) is 6.60. The van der Waals surface area contributed by atoms with Crippen LogP contribution in [0.2, 0.25) is 0 Å². The Morgan fingerprint density at radius 1 is 1.48 bits per heavy atom. The summed E-state index contributed by atoms with van der Waals surface area (Å²) in [4.78, 5) is 14.7. The number of aliphatic imine (C=N–C) groups is 1. The summed E-state index contributed by atoms with van der Waals surface area (Å²) in [6.07, 6.45) is 11.0. The molecule has 1 aliphatic carbocycles. The number of hydrogen-bond acceptors (Lipinski definition) is 4. The highest BCUT2D eigenvalue weighted by Crippen LogP contribution is 2.32. The number of carbonyl (C=O) groups is 1. The number of ether oxygens (including phenoxy) is 1. The SMILES string of the molecule is C=N/C(=C\C=C(/C)OCC1CCCC(CCC(=O)O)C1)c1ccn[nH]1. The molecular formula is C19H27N3O3. The Hall–Kier alpha value is -2.37. The first-order valence-electron chi connectivity index (χ1n) is 8.78. The number of nitrogens with zero attached hydrogens (tertiary/aromatic N) is 2. The Kier molecular flexibility index (Phi) is 7.44. The molecular weight excluding hydrogens is 318 g/mol. The molecule has 1 aliphatic rings. The second kappa shape index (κ2) is 9.81. The van der Waals surface area contributed by atoms with Crippen LogP contribution in [0.15, 0.2) is 35.2 Å². The molecule has 1 aromatic heterocycles. The normalized spacial score (nSPS) is 21.8. The van der Waals surface area contributed by atoms with Gasteiger partial charge < -0.3 is 9.84 Å². The van der Waals surface area contributed by atoms with Gasteiger partial charge in [0, 0.05) is 12.6 Å². The Morgan fingerprint density at radius 3 is 2.96 bits per heavy atom. The van der Waals surface area contributed by atoms with Crippen molar-refractivity contribution < 1.29 is 14.6 Å². The minimum Gasteiger partial charge on any atom is -0.498 e. The first-order chi connectivity index (χ1) is 12.1. The van der Waals surface area contributed by atoms with Crippen LogP contribution in [0, 0.1) is 11.8 Å². The smallest absolute Gasteiger partial charge is 0.303 e. The highest BCUT2D eigenvalue weighted by atomic mass is 16.5. The topological polar surface area (TPSA) is 87.6 Å². The minimum atomic E-state index is -0.701. The van der Waals surface area contributed by atoms with E-state index in [1.54, 1.807) is 6.20 Å². The molecule has 25 heavy (non-hydrogen) atoms. The number of nitrogens with one attached hydrogen (secondary N) is 1. The van der Waals surface area contributed by atoms with Crippen LogP contribution in [0.5, 0.6) is 0 Å². The van der Waals surface area contributed by atoms with Gasteiger partial charge >= 0.3 is 5.97 Å². The molecule has 0 saturated heterocycles. The lowest BCUT2D eigenvalue weighted by Crippen LogP contribution is -2.20. The maximum absolute atomic E-state index is 10.7. The van der Waals surface area contributed by atoms with Gasteiger partial charge in [0.25, 0.3) is 0 Å². The molecule has 2 unspecified atom stereocenters. The van der Waals surface area contributed by atoms with Crippen LogP contribution in [0.25, 0.3) is 5.70 Å². The predicted molar refractivity (Wildman–Crippen MR) is 98.1 cm³/mol. The van der Waals surface area contributed by atoms with Crippen LogP contribution in [-0.2, 0) is 9.53 Å². The van der Waals surface area contributed by atoms with Crippen molar-refractivity contribution >= 4 is 18.4 Å². The van der Waals surface area contributed by atoms with Crippen molar-refractivity contribution in [3.05, 3.63) is 35.9 Å². The van der Waals surface area contributed by atoms with Gasteiger partial charge in [0.15, 0.2) is 0 Å². The molecule has 0 bridgehead atoms. The van der Waals surface area contributed by atoms with Crippen LogP contribution >= 0.6 is 0 Å². The molecule has 1 heterocycles. The van der Waals surface area contributed by atoms with Gasteiger partial charge in [0.2, 0.25) is 0 Å². The van der Waals surface area contributed by atoms with E-state index in [0.29, 0.717) is 24.1 Å². The van der Waals surface area contributed by atoms with E-state index < -0.39 is 5.97 Å². The van der Waals surface area contributed by atoms with E-state index in [4.69, 9.17) is 9.84 Å². The molecule has 0 radical (unpaired) electrons. The van der Waals surface area contributed by atoms with E-state index in [0.717, 1.165) is 43.6 Å². The van der Waals surface area contributed by atoms with E-state index in [2.05, 4.69) is 21.9 Å². The largest absolute Gasteiger partial charge is 0.498 e. The van der Waals surface area contributed by atoms with Crippen LogP contribution < -0.4 is 0 Å². The number of hydrogen-bond donors (Lipinski definition) is 2. The number of rotatable bonds is 9. The Labute approximate surface area is 148 Å². The van der Waals surface area contributed by atoms with E-state index >= 15 is 0 Å². The van der Waals surface area contributed by atoms with Gasteiger partial charge in [-0.05, 0) is 63.0 Å². The van der Waals surface area contributed by atoms with Crippen molar-refractivity contribution in [3.8, 4) is 0 Å². The molecule has 1 saturated carbocycles. The number of carboxylic acids is 1. The van der Waals surface area contributed by atoms with Gasteiger partial charge in [-0.15, -0.1) is 0 Å². The molecule has 2 N–H and O–H groups in total. The van der Waals surface area contributed by atoms with Crippen molar-refractivity contribution in [1.29, 1.82) is 0 Å². The number of allylic oxidation sites excluding steroid dienone is 3. The second-order valence-corrected chi connectivity index (χ2v) is 6.60. The standard InChI is InChI=1S/C19H27N3O3/c1-14(6-8-17(20-2)18-10-11-21-22-18)25-13-16-5-3-4-15(12-16)7-9-19(23)24/h6,8,10-11,15-16H,2-5,7,9,12-13H2,1H3,(H,21,22)(H,23,24)/b14-6+,17-8-. The summed E-state index contributed by atoms with van der Waals surface area (Å²) in [5.41, 5.74) is 1.53. The summed E-state index contributed by atoms with van der Waals surface area (Å²) in [5, 5.41) is 15.6. The monoisotopic (exact) mass is 345 g/mol. The van der Waals surface area contributed by atoms with Crippen molar-refractivity contribution in [1.82, 2.24) is 10.2 Å². The van der Waals surface area contributed by atoms with Crippen molar-refractivity contribution in [2.45, 2.75) is 45.4 Å². The molecule has 136 valence electrons. The van der Waals surface area contributed by atoms with Crippen LogP contribution in [-0.4, -0.2) is 34.6 Å². The van der Waals surface area contributed by atoms with Gasteiger partial charge in [-0.25, -0.2) is 0 Å². The molecule has 6 heteroatoms. The van der Waals surface area contributed by atoms with Gasteiger partial charge in [0.05, 0.1) is 23.8 Å². The third kappa shape index (κ3) is 6.57. The van der Waals surface area contributed by atoms with Gasteiger partial charge in [-0.2, -0.15) is 5.10 Å². The van der Waals surface area contributed by atoms with Crippen molar-refractivity contribution in [2.75, 3.05) is 6.61 Å². The van der Waals surface area contributed by atoms with Crippen LogP contribution in [0.4, 0.5) is 0 Å². The van der Waals surface area contributed by atoms with Crippen LogP contribution in [0.3, 0.4) is 0 Å². The lowest BCUT2D eigenvalue weighted by atomic mass is 9.80. The first kappa shape index (κ1) is 19.0. The zero-order valence-corrected chi connectivity index (χ0v) is 14.8. The zero-order valence-electron chi connectivity index (χ0n) is 14.8. The maximum atomic E-state index is 10.7. The number of H-pyrrole nitrogens is 1. The van der Waals surface area contributed by atoms with Gasteiger partial charge in [-0.1, -0.05) is 12.8 Å². The van der Waals surface area contributed by atoms with E-state index in [9.17, 15) is 4.79 Å². The molecule has 6 nitrogen and oxygen atoms in total. The summed E-state index contributed by atoms with van der Waals surface area (Å²) in [6.45, 7) is 6.18. The fraction of sp³-hybridized carbons (Fsp3) is 0.526. The summed E-state index contributed by atoms with van der Waals surface area (Å²) < 4.78 is 5.88. The average Bonchev–Trinajstić information content (AvgIpc) is 3.13. The molecule has 0 amide bonds. The fourth-order valence-corrected chi connectivity index (χ4v) is 3.26. The van der Waals surface area contributed by atoms with E-state index in [-0.39, 0.29) is 6.42 Å². The highest BCUT2D eigenvalue weighted by molar-refractivity contribution is 5.67. The molecule has 2 rings (SSSR count). The highest BCUT2D eigenvalue weighted by Gasteiger charge is 2.22. The fourth-order valence-electron chi connectivity index (χ4n) is 3.26. The van der Waals surface area contributed by atoms with Crippen molar-refractivity contribution in [3.63, 3.8) is 0 Å². The first-order valence-corrected chi connectivity index (χ1v) is 8.78. The van der Waals surface area contributed by atoms with E-state index in [1.165, 1.54) is 0 Å². The minimum absolute atomic E-state index is 0.271. The molecule has 2 atom stereocenters. The molecule has 0 aliphatic heterocycles. The third-order valence-electron chi connectivity index (χ3n) is 4.63. The summed E-state index contributed by atoms with van der Waals surface area (Å²) in [7, 11) is 0. The average molecular weight is 345 g/mol. The Bertz CT molecular complexity index is 620. The number of carboxylic acid groups (broad SMARTS) is 1. The Balaban J connectivity index is 1.81. The summed E-state index contributed by atoms with van der Waals surface area (Å²) in [5.74, 6) is 1.14. The number of aromatic amines is 1. The van der Waals surface area contributed by atoms with E-state index in [1.807, 2.05) is 25.1 Å². The lowest BCUT2D eigenvalue weighted by Gasteiger charge is -2.28. The van der Waals surface area contributed by atoms with Gasteiger partial charge in [-0.3, -0.25) is 14.9 Å². The quantitative estimate of drug-likeness (QED) is 0.402.